The Morgan fingerprint density at radius 3 is 2.42 bits per heavy atom. The summed E-state index contributed by atoms with van der Waals surface area (Å²) in [5.41, 5.74) is 0. The third-order valence-corrected chi connectivity index (χ3v) is 4.05. The van der Waals surface area contributed by atoms with Crippen LogP contribution in [0.4, 0.5) is 10.9 Å². The van der Waals surface area contributed by atoms with Crippen molar-refractivity contribution in [3.05, 3.63) is 23.1 Å². The first-order chi connectivity index (χ1) is 9.22. The molecule has 3 rings (SSSR count). The number of aryl methyl sites for hydroxylation is 2. The molecule has 0 saturated carbocycles. The van der Waals surface area contributed by atoms with E-state index in [0.717, 1.165) is 48.0 Å². The number of nitrogens with zero attached hydrogens (tertiary/aromatic N) is 6. The summed E-state index contributed by atoms with van der Waals surface area (Å²) in [6, 6.07) is 1.97. The van der Waals surface area contributed by atoms with Gasteiger partial charge in [-0.1, -0.05) is 11.3 Å². The average Bonchev–Trinajstić information content (AvgIpc) is 2.86. The van der Waals surface area contributed by atoms with Crippen molar-refractivity contribution in [1.29, 1.82) is 0 Å². The summed E-state index contributed by atoms with van der Waals surface area (Å²) >= 11 is 1.65. The molecule has 19 heavy (non-hydrogen) atoms. The topological polar surface area (TPSA) is 58.0 Å². The van der Waals surface area contributed by atoms with Crippen LogP contribution in [-0.4, -0.2) is 46.3 Å². The van der Waals surface area contributed by atoms with Crippen LogP contribution in [0.25, 0.3) is 0 Å². The standard InChI is InChI=1S/C12H16N6S/c1-9-13-4-3-11(14-9)17-5-7-18(8-6-17)12-16-15-10(2)19-12/h3-4H,5-8H2,1-2H3. The predicted octanol–water partition coefficient (Wildman–Crippen LogP) is 1.27. The summed E-state index contributed by atoms with van der Waals surface area (Å²) in [5.74, 6) is 1.83. The molecule has 0 spiro atoms. The summed E-state index contributed by atoms with van der Waals surface area (Å²) in [5, 5.41) is 10.3. The first kappa shape index (κ1) is 12.3. The Morgan fingerprint density at radius 2 is 1.79 bits per heavy atom. The maximum atomic E-state index is 4.47. The molecule has 0 radical (unpaired) electrons. The number of anilines is 2. The molecule has 7 heteroatoms. The van der Waals surface area contributed by atoms with Gasteiger partial charge in [0.2, 0.25) is 5.13 Å². The lowest BCUT2D eigenvalue weighted by Crippen LogP contribution is -2.46. The molecule has 1 fully saturated rings. The molecule has 0 aromatic carbocycles. The normalized spacial score (nSPS) is 15.9. The summed E-state index contributed by atoms with van der Waals surface area (Å²) in [6.07, 6.45) is 1.82. The summed E-state index contributed by atoms with van der Waals surface area (Å²) < 4.78 is 0. The zero-order chi connectivity index (χ0) is 13.2. The van der Waals surface area contributed by atoms with Gasteiger partial charge in [-0.3, -0.25) is 0 Å². The second kappa shape index (κ2) is 5.08. The van der Waals surface area contributed by atoms with Gasteiger partial charge in [-0.05, 0) is 19.9 Å². The summed E-state index contributed by atoms with van der Waals surface area (Å²) in [7, 11) is 0. The number of hydrogen-bond donors (Lipinski definition) is 0. The molecular weight excluding hydrogens is 260 g/mol. The first-order valence-corrected chi connectivity index (χ1v) is 7.14. The molecule has 6 nitrogen and oxygen atoms in total. The van der Waals surface area contributed by atoms with Crippen LogP contribution in [0.1, 0.15) is 10.8 Å². The fourth-order valence-electron chi connectivity index (χ4n) is 2.16. The Labute approximate surface area is 116 Å². The molecule has 2 aromatic rings. The van der Waals surface area contributed by atoms with E-state index in [0.29, 0.717) is 0 Å². The van der Waals surface area contributed by atoms with Gasteiger partial charge >= 0.3 is 0 Å². The minimum Gasteiger partial charge on any atom is -0.353 e. The molecule has 2 aromatic heterocycles. The van der Waals surface area contributed by atoms with Crippen molar-refractivity contribution in [1.82, 2.24) is 20.2 Å². The molecule has 1 aliphatic rings. The van der Waals surface area contributed by atoms with Gasteiger partial charge in [-0.25, -0.2) is 9.97 Å². The molecule has 1 saturated heterocycles. The molecule has 100 valence electrons. The number of piperazine rings is 1. The molecule has 3 heterocycles. The van der Waals surface area contributed by atoms with Gasteiger partial charge in [-0.15, -0.1) is 10.2 Å². The van der Waals surface area contributed by atoms with Gasteiger partial charge < -0.3 is 9.80 Å². The Balaban J connectivity index is 1.66. The van der Waals surface area contributed by atoms with Crippen molar-refractivity contribution in [2.24, 2.45) is 0 Å². The number of rotatable bonds is 2. The quantitative estimate of drug-likeness (QED) is 0.823. The van der Waals surface area contributed by atoms with Crippen molar-refractivity contribution in [2.75, 3.05) is 36.0 Å². The van der Waals surface area contributed by atoms with E-state index in [1.165, 1.54) is 0 Å². The monoisotopic (exact) mass is 276 g/mol. The van der Waals surface area contributed by atoms with E-state index >= 15 is 0 Å². The highest BCUT2D eigenvalue weighted by Crippen LogP contribution is 2.22. The third-order valence-electron chi connectivity index (χ3n) is 3.15. The lowest BCUT2D eigenvalue weighted by Gasteiger charge is -2.34. The molecular formula is C12H16N6S. The maximum absolute atomic E-state index is 4.47. The van der Waals surface area contributed by atoms with E-state index in [1.807, 2.05) is 26.1 Å². The van der Waals surface area contributed by atoms with Crippen LogP contribution in [0.3, 0.4) is 0 Å². The largest absolute Gasteiger partial charge is 0.353 e. The van der Waals surface area contributed by atoms with Gasteiger partial charge in [0.05, 0.1) is 0 Å². The Kier molecular flexibility index (Phi) is 3.29. The van der Waals surface area contributed by atoms with E-state index in [2.05, 4.69) is 30.0 Å². The van der Waals surface area contributed by atoms with Crippen molar-refractivity contribution < 1.29 is 0 Å². The lowest BCUT2D eigenvalue weighted by atomic mass is 10.3. The third kappa shape index (κ3) is 2.65. The summed E-state index contributed by atoms with van der Waals surface area (Å²) in [6.45, 7) is 7.73. The molecule has 0 unspecified atom stereocenters. The second-order valence-electron chi connectivity index (χ2n) is 4.54. The van der Waals surface area contributed by atoms with E-state index in [-0.39, 0.29) is 0 Å². The second-order valence-corrected chi connectivity index (χ2v) is 5.70. The van der Waals surface area contributed by atoms with Crippen LogP contribution in [-0.2, 0) is 0 Å². The zero-order valence-corrected chi connectivity index (χ0v) is 11.9. The highest BCUT2D eigenvalue weighted by molar-refractivity contribution is 7.15. The van der Waals surface area contributed by atoms with Crippen molar-refractivity contribution >= 4 is 22.3 Å². The van der Waals surface area contributed by atoms with Crippen LogP contribution in [0, 0.1) is 13.8 Å². The molecule has 0 bridgehead atoms. The molecule has 0 N–H and O–H groups in total. The highest BCUT2D eigenvalue weighted by atomic mass is 32.1. The first-order valence-electron chi connectivity index (χ1n) is 6.32. The van der Waals surface area contributed by atoms with E-state index < -0.39 is 0 Å². The van der Waals surface area contributed by atoms with Crippen LogP contribution < -0.4 is 9.80 Å². The van der Waals surface area contributed by atoms with Crippen molar-refractivity contribution in [3.8, 4) is 0 Å². The lowest BCUT2D eigenvalue weighted by molar-refractivity contribution is 0.642. The fourth-order valence-corrected chi connectivity index (χ4v) is 2.90. The molecule has 0 atom stereocenters. The van der Waals surface area contributed by atoms with Gasteiger partial charge in [0.1, 0.15) is 16.6 Å². The Morgan fingerprint density at radius 1 is 1.05 bits per heavy atom. The minimum atomic E-state index is 0.819. The Bertz CT molecular complexity index is 561. The zero-order valence-electron chi connectivity index (χ0n) is 11.1. The average molecular weight is 276 g/mol. The SMILES string of the molecule is Cc1nccc(N2CCN(c3nnc(C)s3)CC2)n1. The van der Waals surface area contributed by atoms with Crippen LogP contribution >= 0.6 is 11.3 Å². The van der Waals surface area contributed by atoms with Crippen LogP contribution in [0.5, 0.6) is 0 Å². The van der Waals surface area contributed by atoms with E-state index in [4.69, 9.17) is 0 Å². The maximum Gasteiger partial charge on any atom is 0.208 e. The van der Waals surface area contributed by atoms with Crippen LogP contribution in [0.2, 0.25) is 0 Å². The van der Waals surface area contributed by atoms with E-state index in [1.54, 1.807) is 11.3 Å². The predicted molar refractivity (Wildman–Crippen MR) is 75.8 cm³/mol. The molecule has 0 aliphatic carbocycles. The number of hydrogen-bond acceptors (Lipinski definition) is 7. The van der Waals surface area contributed by atoms with Crippen LogP contribution in [0.15, 0.2) is 12.3 Å². The summed E-state index contributed by atoms with van der Waals surface area (Å²) in [4.78, 5) is 13.2. The number of aromatic nitrogens is 4. The van der Waals surface area contributed by atoms with Gasteiger partial charge in [0, 0.05) is 32.4 Å². The molecule has 1 aliphatic heterocycles. The van der Waals surface area contributed by atoms with Crippen molar-refractivity contribution in [2.45, 2.75) is 13.8 Å². The van der Waals surface area contributed by atoms with Gasteiger partial charge in [0.25, 0.3) is 0 Å². The van der Waals surface area contributed by atoms with Crippen molar-refractivity contribution in [3.63, 3.8) is 0 Å². The fraction of sp³-hybridized carbons (Fsp3) is 0.500. The Hall–Kier alpha value is -1.76. The minimum absolute atomic E-state index is 0.819. The highest BCUT2D eigenvalue weighted by Gasteiger charge is 2.20. The van der Waals surface area contributed by atoms with Gasteiger partial charge in [0.15, 0.2) is 0 Å². The van der Waals surface area contributed by atoms with E-state index in [9.17, 15) is 0 Å². The smallest absolute Gasteiger partial charge is 0.208 e. The van der Waals surface area contributed by atoms with Gasteiger partial charge in [-0.2, -0.15) is 0 Å². The molecule has 0 amide bonds.